The molecule has 2 atom stereocenters. The normalized spacial score (nSPS) is 14.1. The highest BCUT2D eigenvalue weighted by molar-refractivity contribution is 5.71. The number of hydrogen-bond acceptors (Lipinski definition) is 3. The Balaban J connectivity index is 2.84. The molecule has 0 aliphatic heterocycles. The summed E-state index contributed by atoms with van der Waals surface area (Å²) in [6.07, 6.45) is 0. The van der Waals surface area contributed by atoms with Crippen LogP contribution in [0.1, 0.15) is 25.5 Å². The molecule has 0 heterocycles. The molecule has 0 aliphatic rings. The highest BCUT2D eigenvalue weighted by Crippen LogP contribution is 2.20. The summed E-state index contributed by atoms with van der Waals surface area (Å²) in [6.45, 7) is 3.49. The zero-order chi connectivity index (χ0) is 14.4. The van der Waals surface area contributed by atoms with Gasteiger partial charge in [0.15, 0.2) is 0 Å². The van der Waals surface area contributed by atoms with E-state index < -0.39 is 17.9 Å². The number of carboxylic acid groups (broad SMARTS) is 2. The fourth-order valence-corrected chi connectivity index (χ4v) is 1.91. The number of rotatable bonds is 7. The van der Waals surface area contributed by atoms with Gasteiger partial charge in [0.25, 0.3) is 0 Å². The maximum absolute atomic E-state index is 10.9. The van der Waals surface area contributed by atoms with Crippen molar-refractivity contribution in [2.75, 3.05) is 13.1 Å². The molecule has 1 aromatic carbocycles. The van der Waals surface area contributed by atoms with Crippen LogP contribution >= 0.6 is 0 Å². The van der Waals surface area contributed by atoms with E-state index in [0.29, 0.717) is 0 Å². The maximum atomic E-state index is 10.9. The second kappa shape index (κ2) is 6.89. The lowest BCUT2D eigenvalue weighted by Gasteiger charge is -2.29. The molecule has 104 valence electrons. The summed E-state index contributed by atoms with van der Waals surface area (Å²) < 4.78 is 0. The first-order valence-electron chi connectivity index (χ1n) is 6.15. The van der Waals surface area contributed by atoms with Gasteiger partial charge in [0.1, 0.15) is 0 Å². The summed E-state index contributed by atoms with van der Waals surface area (Å²) in [5.41, 5.74) is 0.973. The van der Waals surface area contributed by atoms with Crippen LogP contribution in [0.5, 0.6) is 0 Å². The molecule has 0 aromatic heterocycles. The second-order valence-electron chi connectivity index (χ2n) is 4.65. The first-order valence-corrected chi connectivity index (χ1v) is 6.15. The minimum Gasteiger partial charge on any atom is -0.481 e. The van der Waals surface area contributed by atoms with Crippen LogP contribution in [0.3, 0.4) is 0 Å². The quantitative estimate of drug-likeness (QED) is 0.786. The Morgan fingerprint density at radius 3 is 2.21 bits per heavy atom. The molecule has 0 bridgehead atoms. The smallest absolute Gasteiger partial charge is 0.317 e. The molecule has 2 unspecified atom stereocenters. The Hall–Kier alpha value is -1.88. The van der Waals surface area contributed by atoms with Crippen LogP contribution in [0.25, 0.3) is 0 Å². The molecule has 5 nitrogen and oxygen atoms in total. The van der Waals surface area contributed by atoms with Crippen molar-refractivity contribution >= 4 is 11.9 Å². The predicted molar refractivity (Wildman–Crippen MR) is 70.9 cm³/mol. The van der Waals surface area contributed by atoms with Gasteiger partial charge in [-0.2, -0.15) is 0 Å². The van der Waals surface area contributed by atoms with Crippen LogP contribution in [-0.4, -0.2) is 40.1 Å². The monoisotopic (exact) mass is 265 g/mol. The van der Waals surface area contributed by atoms with E-state index in [0.717, 1.165) is 5.56 Å². The van der Waals surface area contributed by atoms with Crippen molar-refractivity contribution in [2.24, 2.45) is 5.92 Å². The number of benzene rings is 1. The highest BCUT2D eigenvalue weighted by Gasteiger charge is 2.23. The summed E-state index contributed by atoms with van der Waals surface area (Å²) in [4.78, 5) is 23.5. The van der Waals surface area contributed by atoms with Crippen molar-refractivity contribution < 1.29 is 19.8 Å². The topological polar surface area (TPSA) is 77.8 Å². The van der Waals surface area contributed by atoms with Gasteiger partial charge in [-0.1, -0.05) is 37.3 Å². The van der Waals surface area contributed by atoms with Gasteiger partial charge in [-0.25, -0.2) is 0 Å². The molecule has 0 fully saturated rings. The van der Waals surface area contributed by atoms with Crippen LogP contribution in [0, 0.1) is 5.92 Å². The third-order valence-electron chi connectivity index (χ3n) is 3.10. The molecule has 0 saturated heterocycles. The van der Waals surface area contributed by atoms with Crippen LogP contribution in [-0.2, 0) is 9.59 Å². The van der Waals surface area contributed by atoms with Gasteiger partial charge >= 0.3 is 11.9 Å². The van der Waals surface area contributed by atoms with Crippen molar-refractivity contribution in [3.05, 3.63) is 35.9 Å². The maximum Gasteiger partial charge on any atom is 0.317 e. The van der Waals surface area contributed by atoms with E-state index in [1.54, 1.807) is 11.8 Å². The molecule has 19 heavy (non-hydrogen) atoms. The third-order valence-corrected chi connectivity index (χ3v) is 3.10. The molecule has 1 aromatic rings. The average Bonchev–Trinajstić information content (AvgIpc) is 2.37. The van der Waals surface area contributed by atoms with E-state index in [4.69, 9.17) is 10.2 Å². The number of carbonyl (C=O) groups is 2. The molecule has 0 saturated carbocycles. The summed E-state index contributed by atoms with van der Waals surface area (Å²) in [5, 5.41) is 17.9. The zero-order valence-corrected chi connectivity index (χ0v) is 11.1. The van der Waals surface area contributed by atoms with E-state index >= 15 is 0 Å². The number of aliphatic carboxylic acids is 2. The molecular formula is C14H19NO4. The third kappa shape index (κ3) is 4.71. The first kappa shape index (κ1) is 15.2. The van der Waals surface area contributed by atoms with Crippen LogP contribution in [0.2, 0.25) is 0 Å². The molecular weight excluding hydrogens is 246 g/mol. The summed E-state index contributed by atoms with van der Waals surface area (Å²) in [7, 11) is 0. The summed E-state index contributed by atoms with van der Waals surface area (Å²) in [6, 6.07) is 9.32. The Kier molecular flexibility index (Phi) is 5.51. The van der Waals surface area contributed by atoms with Crippen LogP contribution in [0.4, 0.5) is 0 Å². The van der Waals surface area contributed by atoms with Crippen molar-refractivity contribution in [2.45, 2.75) is 19.9 Å². The molecule has 5 heteroatoms. The van der Waals surface area contributed by atoms with Crippen molar-refractivity contribution in [1.29, 1.82) is 0 Å². The van der Waals surface area contributed by atoms with Gasteiger partial charge in [-0.15, -0.1) is 0 Å². The molecule has 0 spiro atoms. The van der Waals surface area contributed by atoms with Crippen LogP contribution in [0.15, 0.2) is 30.3 Å². The lowest BCUT2D eigenvalue weighted by Crippen LogP contribution is -2.37. The van der Waals surface area contributed by atoms with Gasteiger partial charge in [-0.3, -0.25) is 14.5 Å². The van der Waals surface area contributed by atoms with E-state index in [-0.39, 0.29) is 19.1 Å². The van der Waals surface area contributed by atoms with Crippen molar-refractivity contribution in [3.8, 4) is 0 Å². The van der Waals surface area contributed by atoms with Gasteiger partial charge in [0, 0.05) is 12.6 Å². The molecule has 0 aliphatic carbocycles. The van der Waals surface area contributed by atoms with Crippen LogP contribution < -0.4 is 0 Å². The lowest BCUT2D eigenvalue weighted by molar-refractivity contribution is -0.144. The van der Waals surface area contributed by atoms with E-state index in [1.165, 1.54) is 0 Å². The average molecular weight is 265 g/mol. The minimum atomic E-state index is -0.958. The van der Waals surface area contributed by atoms with E-state index in [9.17, 15) is 9.59 Å². The number of carboxylic acids is 2. The molecule has 2 N–H and O–H groups in total. The van der Waals surface area contributed by atoms with E-state index in [2.05, 4.69) is 0 Å². The van der Waals surface area contributed by atoms with E-state index in [1.807, 2.05) is 37.3 Å². The lowest BCUT2D eigenvalue weighted by atomic mass is 10.0. The van der Waals surface area contributed by atoms with Crippen molar-refractivity contribution in [3.63, 3.8) is 0 Å². The summed E-state index contributed by atoms with van der Waals surface area (Å²) in [5.74, 6) is -2.48. The van der Waals surface area contributed by atoms with Gasteiger partial charge in [0.05, 0.1) is 12.5 Å². The molecule has 0 radical (unpaired) electrons. The van der Waals surface area contributed by atoms with Gasteiger partial charge in [0.2, 0.25) is 0 Å². The summed E-state index contributed by atoms with van der Waals surface area (Å²) >= 11 is 0. The fourth-order valence-electron chi connectivity index (χ4n) is 1.91. The Bertz CT molecular complexity index is 432. The Morgan fingerprint density at radius 1 is 1.16 bits per heavy atom. The Morgan fingerprint density at radius 2 is 1.74 bits per heavy atom. The van der Waals surface area contributed by atoms with Gasteiger partial charge in [-0.05, 0) is 12.5 Å². The number of hydrogen-bond donors (Lipinski definition) is 2. The standard InChI is InChI=1S/C14H19NO4/c1-10(14(18)19)8-15(9-13(16)17)11(2)12-6-4-3-5-7-12/h3-7,10-11H,8-9H2,1-2H3,(H,16,17)(H,18,19). The number of nitrogens with zero attached hydrogens (tertiary/aromatic N) is 1. The van der Waals surface area contributed by atoms with Crippen molar-refractivity contribution in [1.82, 2.24) is 4.90 Å². The largest absolute Gasteiger partial charge is 0.481 e. The molecule has 0 amide bonds. The molecule has 1 rings (SSSR count). The van der Waals surface area contributed by atoms with Gasteiger partial charge < -0.3 is 10.2 Å². The fraction of sp³-hybridized carbons (Fsp3) is 0.429. The highest BCUT2D eigenvalue weighted by atomic mass is 16.4. The Labute approximate surface area is 112 Å². The minimum absolute atomic E-state index is 0.140. The second-order valence-corrected chi connectivity index (χ2v) is 4.65. The first-order chi connectivity index (χ1) is 8.91. The SMILES string of the molecule is CC(CN(CC(=O)O)C(C)c1ccccc1)C(=O)O. The zero-order valence-electron chi connectivity index (χ0n) is 11.1. The predicted octanol–water partition coefficient (Wildman–Crippen LogP) is 1.85.